The van der Waals surface area contributed by atoms with Crippen molar-refractivity contribution in [2.24, 2.45) is 0 Å². The molecule has 0 fully saturated rings. The minimum atomic E-state index is -0.557. The van der Waals surface area contributed by atoms with Gasteiger partial charge < -0.3 is 14.8 Å². The lowest BCUT2D eigenvalue weighted by Crippen LogP contribution is -2.14. The third-order valence-electron chi connectivity index (χ3n) is 5.71. The van der Waals surface area contributed by atoms with Gasteiger partial charge in [0.25, 0.3) is 5.91 Å². The fourth-order valence-electron chi connectivity index (χ4n) is 3.88. The van der Waals surface area contributed by atoms with Gasteiger partial charge >= 0.3 is 0 Å². The molecule has 5 nitrogen and oxygen atoms in total. The van der Waals surface area contributed by atoms with Crippen LogP contribution in [0.3, 0.4) is 0 Å². The molecule has 0 saturated carbocycles. The van der Waals surface area contributed by atoms with E-state index in [1.54, 1.807) is 30.3 Å². The summed E-state index contributed by atoms with van der Waals surface area (Å²) in [5.41, 5.74) is 2.80. The first kappa shape index (κ1) is 26.1. The monoisotopic (exact) mass is 530 g/mol. The van der Waals surface area contributed by atoms with Crippen molar-refractivity contribution in [3.8, 4) is 17.6 Å². The molecule has 4 aromatic carbocycles. The van der Waals surface area contributed by atoms with Crippen LogP contribution in [0.2, 0.25) is 10.0 Å². The molecule has 186 valence electrons. The number of carbonyl (C=O) groups is 1. The van der Waals surface area contributed by atoms with Crippen molar-refractivity contribution in [2.75, 3.05) is 11.9 Å². The highest BCUT2D eigenvalue weighted by Crippen LogP contribution is 2.38. The number of nitrogens with zero attached hydrogens (tertiary/aromatic N) is 1. The molecule has 0 aliphatic heterocycles. The van der Waals surface area contributed by atoms with Gasteiger partial charge in [-0.2, -0.15) is 5.26 Å². The van der Waals surface area contributed by atoms with Gasteiger partial charge in [0.2, 0.25) is 0 Å². The molecular weight excluding hydrogens is 507 g/mol. The molecule has 0 aliphatic carbocycles. The number of nitriles is 1. The van der Waals surface area contributed by atoms with Crippen LogP contribution < -0.4 is 14.8 Å². The number of benzene rings is 4. The van der Waals surface area contributed by atoms with Crippen LogP contribution in [0.4, 0.5) is 5.69 Å². The number of rotatable bonds is 8. The number of halogens is 2. The molecule has 0 saturated heterocycles. The number of hydrogen-bond acceptors (Lipinski definition) is 4. The van der Waals surface area contributed by atoms with E-state index in [0.29, 0.717) is 46.0 Å². The van der Waals surface area contributed by atoms with Crippen molar-refractivity contribution < 1.29 is 14.3 Å². The van der Waals surface area contributed by atoms with E-state index in [4.69, 9.17) is 32.7 Å². The quantitative estimate of drug-likeness (QED) is 0.185. The second kappa shape index (κ2) is 11.8. The lowest BCUT2D eigenvalue weighted by atomic mass is 10.1. The number of anilines is 1. The summed E-state index contributed by atoms with van der Waals surface area (Å²) in [6.45, 7) is 4.37. The largest absolute Gasteiger partial charge is 0.490 e. The summed E-state index contributed by atoms with van der Waals surface area (Å²) in [4.78, 5) is 12.8. The molecular formula is C30H24Cl2N2O3. The molecule has 4 aromatic rings. The van der Waals surface area contributed by atoms with Crippen LogP contribution in [0.25, 0.3) is 16.8 Å². The number of hydrogen-bond donors (Lipinski definition) is 1. The van der Waals surface area contributed by atoms with Gasteiger partial charge in [-0.25, -0.2) is 0 Å². The second-order valence-electron chi connectivity index (χ2n) is 8.27. The van der Waals surface area contributed by atoms with E-state index in [1.165, 1.54) is 6.08 Å². The van der Waals surface area contributed by atoms with E-state index >= 15 is 0 Å². The minimum absolute atomic E-state index is 0.0951. The Morgan fingerprint density at radius 2 is 1.81 bits per heavy atom. The normalized spacial score (nSPS) is 11.2. The molecule has 0 aromatic heterocycles. The predicted octanol–water partition coefficient (Wildman–Crippen LogP) is 7.98. The zero-order chi connectivity index (χ0) is 26.4. The molecule has 37 heavy (non-hydrogen) atoms. The molecule has 0 atom stereocenters. The average molecular weight is 531 g/mol. The Labute approximate surface area is 225 Å². The highest BCUT2D eigenvalue weighted by Gasteiger charge is 2.16. The number of amides is 1. The first-order chi connectivity index (χ1) is 17.9. The van der Waals surface area contributed by atoms with Crippen LogP contribution >= 0.6 is 23.2 Å². The van der Waals surface area contributed by atoms with Gasteiger partial charge in [0.05, 0.1) is 11.6 Å². The number of nitrogens with one attached hydrogen (secondary N) is 1. The predicted molar refractivity (Wildman–Crippen MR) is 149 cm³/mol. The zero-order valence-electron chi connectivity index (χ0n) is 20.3. The molecule has 1 amide bonds. The van der Waals surface area contributed by atoms with Gasteiger partial charge in [0.1, 0.15) is 18.2 Å². The van der Waals surface area contributed by atoms with Crippen molar-refractivity contribution in [2.45, 2.75) is 20.5 Å². The van der Waals surface area contributed by atoms with E-state index in [1.807, 2.05) is 50.2 Å². The van der Waals surface area contributed by atoms with E-state index < -0.39 is 5.91 Å². The summed E-state index contributed by atoms with van der Waals surface area (Å²) >= 11 is 12.6. The van der Waals surface area contributed by atoms with Crippen molar-refractivity contribution in [3.05, 3.63) is 105 Å². The van der Waals surface area contributed by atoms with Gasteiger partial charge in [0.15, 0.2) is 11.5 Å². The Hall–Kier alpha value is -3.98. The van der Waals surface area contributed by atoms with Gasteiger partial charge in [-0.15, -0.1) is 0 Å². The number of fused-ring (bicyclic) bond motifs is 1. The van der Waals surface area contributed by atoms with Gasteiger partial charge in [0, 0.05) is 10.7 Å². The summed E-state index contributed by atoms with van der Waals surface area (Å²) in [6, 6.07) is 24.6. The summed E-state index contributed by atoms with van der Waals surface area (Å²) < 4.78 is 11.9. The molecule has 0 unspecified atom stereocenters. The van der Waals surface area contributed by atoms with Crippen molar-refractivity contribution in [1.29, 1.82) is 5.26 Å². The van der Waals surface area contributed by atoms with Crippen LogP contribution in [-0.2, 0) is 11.4 Å². The Morgan fingerprint density at radius 3 is 2.59 bits per heavy atom. The topological polar surface area (TPSA) is 71.3 Å². The van der Waals surface area contributed by atoms with Crippen LogP contribution in [0.1, 0.15) is 23.6 Å². The maximum atomic E-state index is 12.8. The zero-order valence-corrected chi connectivity index (χ0v) is 21.9. The number of ether oxygens (including phenoxy) is 2. The fourth-order valence-corrected chi connectivity index (χ4v) is 4.32. The molecule has 1 N–H and O–H groups in total. The number of carbonyl (C=O) groups excluding carboxylic acids is 1. The molecule has 0 aliphatic rings. The molecule has 7 heteroatoms. The highest BCUT2D eigenvalue weighted by atomic mass is 35.5. The van der Waals surface area contributed by atoms with E-state index in [2.05, 4.69) is 17.4 Å². The SMILES string of the molecule is CCOc1cc(/C=C(\C#N)C(=O)Nc2cc(Cl)ccc2C)cc(Cl)c1OCc1cccc2ccccc12. The van der Waals surface area contributed by atoms with Crippen molar-refractivity contribution in [3.63, 3.8) is 0 Å². The smallest absolute Gasteiger partial charge is 0.266 e. The first-order valence-corrected chi connectivity index (χ1v) is 12.4. The third kappa shape index (κ3) is 6.24. The summed E-state index contributed by atoms with van der Waals surface area (Å²) in [5, 5.41) is 15.4. The van der Waals surface area contributed by atoms with Crippen LogP contribution in [0.15, 0.2) is 78.4 Å². The van der Waals surface area contributed by atoms with Crippen LogP contribution in [0, 0.1) is 18.3 Å². The Balaban J connectivity index is 1.60. The lowest BCUT2D eigenvalue weighted by molar-refractivity contribution is -0.112. The molecule has 0 bridgehead atoms. The van der Waals surface area contributed by atoms with Crippen molar-refractivity contribution >= 4 is 51.6 Å². The lowest BCUT2D eigenvalue weighted by Gasteiger charge is -2.15. The minimum Gasteiger partial charge on any atom is -0.490 e. The maximum absolute atomic E-state index is 12.8. The number of aryl methyl sites for hydroxylation is 1. The Bertz CT molecular complexity index is 1530. The maximum Gasteiger partial charge on any atom is 0.266 e. The van der Waals surface area contributed by atoms with Gasteiger partial charge in [-0.1, -0.05) is 71.7 Å². The molecule has 4 rings (SSSR count). The Morgan fingerprint density at radius 1 is 1.03 bits per heavy atom. The summed E-state index contributed by atoms with van der Waals surface area (Å²) in [7, 11) is 0. The van der Waals surface area contributed by atoms with Crippen LogP contribution in [-0.4, -0.2) is 12.5 Å². The van der Waals surface area contributed by atoms with Crippen molar-refractivity contribution in [1.82, 2.24) is 0 Å². The standard InChI is InChI=1S/C30H24Cl2N2O3/c1-3-36-28-15-20(13-23(17-33)30(35)34-27-16-24(31)12-11-19(27)2)14-26(32)29(28)37-18-22-9-6-8-21-7-4-5-10-25(21)22/h4-16H,3,18H2,1-2H3,(H,34,35)/b23-13+. The van der Waals surface area contributed by atoms with E-state index in [-0.39, 0.29) is 5.57 Å². The van der Waals surface area contributed by atoms with E-state index in [0.717, 1.165) is 21.9 Å². The molecule has 0 radical (unpaired) electrons. The van der Waals surface area contributed by atoms with Crippen LogP contribution in [0.5, 0.6) is 11.5 Å². The fraction of sp³-hybridized carbons (Fsp3) is 0.133. The third-order valence-corrected chi connectivity index (χ3v) is 6.22. The second-order valence-corrected chi connectivity index (χ2v) is 9.12. The Kier molecular flexibility index (Phi) is 8.35. The van der Waals surface area contributed by atoms with E-state index in [9.17, 15) is 10.1 Å². The average Bonchev–Trinajstić information content (AvgIpc) is 2.89. The molecule has 0 spiro atoms. The van der Waals surface area contributed by atoms with Gasteiger partial charge in [-0.3, -0.25) is 4.79 Å². The summed E-state index contributed by atoms with van der Waals surface area (Å²) in [5.74, 6) is 0.259. The summed E-state index contributed by atoms with van der Waals surface area (Å²) in [6.07, 6.45) is 1.46. The first-order valence-electron chi connectivity index (χ1n) is 11.6. The molecule has 0 heterocycles. The van der Waals surface area contributed by atoms with Gasteiger partial charge in [-0.05, 0) is 71.7 Å². The highest BCUT2D eigenvalue weighted by molar-refractivity contribution is 6.32.